The summed E-state index contributed by atoms with van der Waals surface area (Å²) in [4.78, 5) is 4.37. The van der Waals surface area contributed by atoms with E-state index in [1.165, 1.54) is 11.3 Å². The largest absolute Gasteiger partial charge is 0.259 e. The molecule has 0 radical (unpaired) electrons. The molecule has 4 nitrogen and oxygen atoms in total. The molecule has 0 bridgehead atoms. The summed E-state index contributed by atoms with van der Waals surface area (Å²) in [7, 11) is -3.34. The second kappa shape index (κ2) is 6.28. The molecule has 0 aliphatic heterocycles. The number of aromatic nitrogens is 1. The Balaban J connectivity index is 2.20. The standard InChI is InChI=1S/C13H17ClN2O2S2/c1-9-7-10(2)12-11(8-9)19-13(15-12)16-20(17,18)6-4-3-5-14/h7-8H,3-6H2,1-2H3,(H,15,16). The molecule has 20 heavy (non-hydrogen) atoms. The Kier molecular flexibility index (Phi) is 4.88. The van der Waals surface area contributed by atoms with Gasteiger partial charge in [0.1, 0.15) is 0 Å². The van der Waals surface area contributed by atoms with E-state index in [0.717, 1.165) is 21.3 Å². The fourth-order valence-electron chi connectivity index (χ4n) is 1.98. The van der Waals surface area contributed by atoms with Crippen molar-refractivity contribution < 1.29 is 8.42 Å². The first kappa shape index (κ1) is 15.5. The van der Waals surface area contributed by atoms with Crippen molar-refractivity contribution >= 4 is 48.3 Å². The number of hydrogen-bond donors (Lipinski definition) is 1. The van der Waals surface area contributed by atoms with Crippen molar-refractivity contribution in [2.75, 3.05) is 16.4 Å². The molecule has 0 saturated heterocycles. The van der Waals surface area contributed by atoms with Crippen LogP contribution in [0.2, 0.25) is 0 Å². The highest BCUT2D eigenvalue weighted by Crippen LogP contribution is 2.29. The summed E-state index contributed by atoms with van der Waals surface area (Å²) in [5.41, 5.74) is 3.07. The molecular formula is C13H17ClN2O2S2. The van der Waals surface area contributed by atoms with E-state index in [1.807, 2.05) is 26.0 Å². The Morgan fingerprint density at radius 2 is 2.05 bits per heavy atom. The van der Waals surface area contributed by atoms with E-state index >= 15 is 0 Å². The molecule has 110 valence electrons. The number of thiazole rings is 1. The first-order chi connectivity index (χ1) is 9.41. The molecule has 7 heteroatoms. The van der Waals surface area contributed by atoms with Crippen molar-refractivity contribution in [3.8, 4) is 0 Å². The number of nitrogens with one attached hydrogen (secondary N) is 1. The van der Waals surface area contributed by atoms with Crippen LogP contribution in [0.25, 0.3) is 10.2 Å². The first-order valence-electron chi connectivity index (χ1n) is 6.35. The molecule has 0 atom stereocenters. The predicted octanol–water partition coefficient (Wildman–Crippen LogP) is 3.67. The lowest BCUT2D eigenvalue weighted by molar-refractivity contribution is 0.598. The molecule has 0 spiro atoms. The number of halogens is 1. The summed E-state index contributed by atoms with van der Waals surface area (Å²) < 4.78 is 27.4. The average Bonchev–Trinajstić information content (AvgIpc) is 2.70. The van der Waals surface area contributed by atoms with Gasteiger partial charge >= 0.3 is 0 Å². The maximum Gasteiger partial charge on any atom is 0.234 e. The smallest absolute Gasteiger partial charge is 0.234 e. The normalized spacial score (nSPS) is 11.9. The Bertz CT molecular complexity index is 710. The Morgan fingerprint density at radius 1 is 1.30 bits per heavy atom. The average molecular weight is 333 g/mol. The zero-order valence-electron chi connectivity index (χ0n) is 11.4. The lowest BCUT2D eigenvalue weighted by atomic mass is 10.1. The lowest BCUT2D eigenvalue weighted by Gasteiger charge is -2.03. The van der Waals surface area contributed by atoms with Crippen molar-refractivity contribution in [2.24, 2.45) is 0 Å². The van der Waals surface area contributed by atoms with E-state index in [1.54, 1.807) is 0 Å². The van der Waals surface area contributed by atoms with E-state index in [-0.39, 0.29) is 5.75 Å². The maximum atomic E-state index is 11.9. The molecule has 0 aliphatic carbocycles. The van der Waals surface area contributed by atoms with Gasteiger partial charge < -0.3 is 0 Å². The minimum atomic E-state index is -3.34. The number of anilines is 1. The Hall–Kier alpha value is -0.850. The molecule has 0 aliphatic rings. The zero-order valence-corrected chi connectivity index (χ0v) is 13.8. The number of hydrogen-bond acceptors (Lipinski definition) is 4. The summed E-state index contributed by atoms with van der Waals surface area (Å²) in [6.45, 7) is 4.00. The molecular weight excluding hydrogens is 316 g/mol. The second-order valence-corrected chi connectivity index (χ2v) is 8.02. The van der Waals surface area contributed by atoms with E-state index in [9.17, 15) is 8.42 Å². The fraction of sp³-hybridized carbons (Fsp3) is 0.462. The lowest BCUT2D eigenvalue weighted by Crippen LogP contribution is -2.16. The summed E-state index contributed by atoms with van der Waals surface area (Å²) in [5.74, 6) is 0.558. The van der Waals surface area contributed by atoms with Crippen LogP contribution in [0, 0.1) is 13.8 Å². The Labute approximate surface area is 128 Å². The number of benzene rings is 1. The van der Waals surface area contributed by atoms with Gasteiger partial charge in [0.2, 0.25) is 10.0 Å². The second-order valence-electron chi connectivity index (χ2n) is 4.76. The number of unbranched alkanes of at least 4 members (excludes halogenated alkanes) is 1. The Morgan fingerprint density at radius 3 is 2.75 bits per heavy atom. The predicted molar refractivity (Wildman–Crippen MR) is 86.5 cm³/mol. The van der Waals surface area contributed by atoms with Gasteiger partial charge in [-0.15, -0.1) is 11.6 Å². The van der Waals surface area contributed by atoms with Crippen LogP contribution in [0.4, 0.5) is 5.13 Å². The number of nitrogens with zero attached hydrogens (tertiary/aromatic N) is 1. The first-order valence-corrected chi connectivity index (χ1v) is 9.36. The highest BCUT2D eigenvalue weighted by atomic mass is 35.5. The number of fused-ring (bicyclic) bond motifs is 1. The SMILES string of the molecule is Cc1cc(C)c2nc(NS(=O)(=O)CCCCCl)sc2c1. The number of sulfonamides is 1. The number of rotatable bonds is 6. The van der Waals surface area contributed by atoms with Crippen LogP contribution in [0.3, 0.4) is 0 Å². The number of aryl methyl sites for hydroxylation is 2. The highest BCUT2D eigenvalue weighted by Gasteiger charge is 2.14. The zero-order chi connectivity index (χ0) is 14.8. The van der Waals surface area contributed by atoms with Gasteiger partial charge in [-0.25, -0.2) is 13.4 Å². The molecule has 0 fully saturated rings. The van der Waals surface area contributed by atoms with Gasteiger partial charge in [0.05, 0.1) is 16.0 Å². The summed E-state index contributed by atoms with van der Waals surface area (Å²) in [5, 5.41) is 0.430. The fourth-order valence-corrected chi connectivity index (χ4v) is 4.61. The van der Waals surface area contributed by atoms with Gasteiger partial charge in [0.25, 0.3) is 0 Å². The van der Waals surface area contributed by atoms with Crippen molar-refractivity contribution in [3.05, 3.63) is 23.3 Å². The summed E-state index contributed by atoms with van der Waals surface area (Å²) in [6.07, 6.45) is 1.25. The van der Waals surface area contributed by atoms with Crippen LogP contribution in [0.5, 0.6) is 0 Å². The number of alkyl halides is 1. The highest BCUT2D eigenvalue weighted by molar-refractivity contribution is 7.92. The van der Waals surface area contributed by atoms with E-state index in [4.69, 9.17) is 11.6 Å². The van der Waals surface area contributed by atoms with Crippen LogP contribution in [0.15, 0.2) is 12.1 Å². The molecule has 2 aromatic rings. The van der Waals surface area contributed by atoms with Crippen molar-refractivity contribution in [1.29, 1.82) is 0 Å². The summed E-state index contributed by atoms with van der Waals surface area (Å²) in [6, 6.07) is 4.06. The molecule has 1 heterocycles. The minimum absolute atomic E-state index is 0.0770. The topological polar surface area (TPSA) is 59.1 Å². The third kappa shape index (κ3) is 3.84. The van der Waals surface area contributed by atoms with Crippen LogP contribution >= 0.6 is 22.9 Å². The van der Waals surface area contributed by atoms with Gasteiger partial charge in [0.15, 0.2) is 5.13 Å². The molecule has 0 unspecified atom stereocenters. The van der Waals surface area contributed by atoms with E-state index in [2.05, 4.69) is 9.71 Å². The molecule has 2 rings (SSSR count). The summed E-state index contributed by atoms with van der Waals surface area (Å²) >= 11 is 6.91. The molecule has 0 saturated carbocycles. The van der Waals surface area contributed by atoms with Crippen molar-refractivity contribution in [1.82, 2.24) is 4.98 Å². The van der Waals surface area contributed by atoms with Gasteiger partial charge in [-0.2, -0.15) is 0 Å². The van der Waals surface area contributed by atoms with Crippen molar-refractivity contribution in [2.45, 2.75) is 26.7 Å². The van der Waals surface area contributed by atoms with Gasteiger partial charge in [-0.05, 0) is 43.9 Å². The third-order valence-electron chi connectivity index (χ3n) is 2.87. The van der Waals surface area contributed by atoms with Crippen molar-refractivity contribution in [3.63, 3.8) is 0 Å². The van der Waals surface area contributed by atoms with Crippen LogP contribution in [-0.4, -0.2) is 25.0 Å². The molecule has 1 aromatic heterocycles. The van der Waals surface area contributed by atoms with Crippen LogP contribution < -0.4 is 4.72 Å². The van der Waals surface area contributed by atoms with Crippen LogP contribution in [-0.2, 0) is 10.0 Å². The quantitative estimate of drug-likeness (QED) is 0.648. The van der Waals surface area contributed by atoms with Gasteiger partial charge in [-0.3, -0.25) is 4.72 Å². The molecule has 0 amide bonds. The monoisotopic (exact) mass is 332 g/mol. The minimum Gasteiger partial charge on any atom is -0.259 e. The third-order valence-corrected chi connectivity index (χ3v) is 5.51. The van der Waals surface area contributed by atoms with E-state index in [0.29, 0.717) is 23.9 Å². The molecule has 1 N–H and O–H groups in total. The van der Waals surface area contributed by atoms with Crippen LogP contribution in [0.1, 0.15) is 24.0 Å². The van der Waals surface area contributed by atoms with Gasteiger partial charge in [-0.1, -0.05) is 17.4 Å². The van der Waals surface area contributed by atoms with Gasteiger partial charge in [0, 0.05) is 5.88 Å². The maximum absolute atomic E-state index is 11.9. The van der Waals surface area contributed by atoms with E-state index < -0.39 is 10.0 Å². The molecule has 1 aromatic carbocycles.